The molecule has 0 radical (unpaired) electrons. The second kappa shape index (κ2) is 8.14. The summed E-state index contributed by atoms with van der Waals surface area (Å²) < 4.78 is 21.0. The van der Waals surface area contributed by atoms with E-state index < -0.39 is 0 Å². The molecule has 0 atom stereocenters. The lowest BCUT2D eigenvalue weighted by molar-refractivity contribution is 0.354. The van der Waals surface area contributed by atoms with Crippen LogP contribution >= 0.6 is 0 Å². The SMILES string of the molecule is COc1ccc(CNNc2ccc(OC)c(OC)c2)cc1OC. The molecule has 0 fully saturated rings. The van der Waals surface area contributed by atoms with Gasteiger partial charge in [-0.15, -0.1) is 0 Å². The van der Waals surface area contributed by atoms with Crippen LogP contribution < -0.4 is 29.8 Å². The van der Waals surface area contributed by atoms with Crippen molar-refractivity contribution in [3.05, 3.63) is 42.0 Å². The zero-order valence-electron chi connectivity index (χ0n) is 13.8. The zero-order chi connectivity index (χ0) is 16.7. The standard InChI is InChI=1S/C17H22N2O4/c1-20-14-7-5-12(9-16(14)22-3)11-18-19-13-6-8-15(21-2)17(10-13)23-4/h5-10,18-19H,11H2,1-4H3. The van der Waals surface area contributed by atoms with Crippen molar-refractivity contribution in [3.63, 3.8) is 0 Å². The third kappa shape index (κ3) is 4.20. The Kier molecular flexibility index (Phi) is 5.94. The summed E-state index contributed by atoms with van der Waals surface area (Å²) in [5.41, 5.74) is 8.22. The second-order valence-corrected chi connectivity index (χ2v) is 4.74. The number of methoxy groups -OCH3 is 4. The van der Waals surface area contributed by atoms with Gasteiger partial charge in [-0.3, -0.25) is 0 Å². The molecule has 0 saturated heterocycles. The first-order valence-electron chi connectivity index (χ1n) is 7.13. The molecule has 2 aromatic carbocycles. The molecule has 0 amide bonds. The Bertz CT molecular complexity index is 591. The lowest BCUT2D eigenvalue weighted by atomic mass is 10.2. The van der Waals surface area contributed by atoms with Gasteiger partial charge in [-0.05, 0) is 29.8 Å². The quantitative estimate of drug-likeness (QED) is 0.730. The zero-order valence-corrected chi connectivity index (χ0v) is 13.8. The predicted octanol–water partition coefficient (Wildman–Crippen LogP) is 2.84. The Labute approximate surface area is 136 Å². The predicted molar refractivity (Wildman–Crippen MR) is 89.6 cm³/mol. The summed E-state index contributed by atoms with van der Waals surface area (Å²) in [7, 11) is 6.46. The fourth-order valence-corrected chi connectivity index (χ4v) is 2.15. The van der Waals surface area contributed by atoms with Crippen LogP contribution in [-0.4, -0.2) is 28.4 Å². The lowest BCUT2D eigenvalue weighted by Gasteiger charge is -2.13. The smallest absolute Gasteiger partial charge is 0.162 e. The van der Waals surface area contributed by atoms with Crippen molar-refractivity contribution in [2.45, 2.75) is 6.54 Å². The summed E-state index contributed by atoms with van der Waals surface area (Å²) in [6, 6.07) is 11.4. The van der Waals surface area contributed by atoms with Crippen LogP contribution in [0.2, 0.25) is 0 Å². The lowest BCUT2D eigenvalue weighted by Crippen LogP contribution is -2.20. The topological polar surface area (TPSA) is 61.0 Å². The molecule has 0 unspecified atom stereocenters. The number of hydrogen-bond donors (Lipinski definition) is 2. The van der Waals surface area contributed by atoms with Crippen LogP contribution in [0.4, 0.5) is 5.69 Å². The van der Waals surface area contributed by atoms with Gasteiger partial charge in [0.1, 0.15) is 0 Å². The van der Waals surface area contributed by atoms with Crippen molar-refractivity contribution >= 4 is 5.69 Å². The van der Waals surface area contributed by atoms with E-state index in [1.165, 1.54) is 0 Å². The maximum Gasteiger partial charge on any atom is 0.162 e. The summed E-state index contributed by atoms with van der Waals surface area (Å²) in [6.07, 6.45) is 0. The highest BCUT2D eigenvalue weighted by molar-refractivity contribution is 5.54. The second-order valence-electron chi connectivity index (χ2n) is 4.74. The fraction of sp³-hybridized carbons (Fsp3) is 0.294. The van der Waals surface area contributed by atoms with E-state index in [4.69, 9.17) is 18.9 Å². The van der Waals surface area contributed by atoms with Gasteiger partial charge in [-0.2, -0.15) is 0 Å². The van der Waals surface area contributed by atoms with Crippen molar-refractivity contribution in [1.82, 2.24) is 5.43 Å². The third-order valence-electron chi connectivity index (χ3n) is 3.36. The van der Waals surface area contributed by atoms with Crippen molar-refractivity contribution in [2.24, 2.45) is 0 Å². The molecule has 0 spiro atoms. The molecule has 2 rings (SSSR count). The van der Waals surface area contributed by atoms with E-state index in [0.717, 1.165) is 11.3 Å². The van der Waals surface area contributed by atoms with Crippen LogP contribution in [0.3, 0.4) is 0 Å². The minimum absolute atomic E-state index is 0.620. The van der Waals surface area contributed by atoms with E-state index in [1.54, 1.807) is 28.4 Å². The van der Waals surface area contributed by atoms with Crippen LogP contribution in [0.25, 0.3) is 0 Å². The molecule has 6 nitrogen and oxygen atoms in total. The molecular formula is C17H22N2O4. The number of nitrogens with one attached hydrogen (secondary N) is 2. The minimum Gasteiger partial charge on any atom is -0.493 e. The first-order valence-corrected chi connectivity index (χ1v) is 7.13. The van der Waals surface area contributed by atoms with Crippen molar-refractivity contribution in [1.29, 1.82) is 0 Å². The molecular weight excluding hydrogens is 296 g/mol. The van der Waals surface area contributed by atoms with Crippen molar-refractivity contribution in [2.75, 3.05) is 33.9 Å². The van der Waals surface area contributed by atoms with Gasteiger partial charge >= 0.3 is 0 Å². The maximum atomic E-state index is 5.29. The Morgan fingerprint density at radius 2 is 1.26 bits per heavy atom. The maximum absolute atomic E-state index is 5.29. The van der Waals surface area contributed by atoms with Gasteiger partial charge in [0.2, 0.25) is 0 Å². The average molecular weight is 318 g/mol. The number of anilines is 1. The van der Waals surface area contributed by atoms with E-state index in [0.29, 0.717) is 29.5 Å². The molecule has 124 valence electrons. The third-order valence-corrected chi connectivity index (χ3v) is 3.36. The number of rotatable bonds is 8. The normalized spacial score (nSPS) is 10.1. The van der Waals surface area contributed by atoms with Gasteiger partial charge in [-0.1, -0.05) is 6.07 Å². The van der Waals surface area contributed by atoms with Crippen molar-refractivity contribution in [3.8, 4) is 23.0 Å². The molecule has 6 heteroatoms. The largest absolute Gasteiger partial charge is 0.493 e. The highest BCUT2D eigenvalue weighted by Gasteiger charge is 2.06. The van der Waals surface area contributed by atoms with E-state index >= 15 is 0 Å². The summed E-state index contributed by atoms with van der Waals surface area (Å²) in [4.78, 5) is 0. The Balaban J connectivity index is 1.97. The van der Waals surface area contributed by atoms with E-state index in [2.05, 4.69) is 10.9 Å². The highest BCUT2D eigenvalue weighted by atomic mass is 16.5. The molecule has 0 bridgehead atoms. The number of ether oxygens (including phenoxy) is 4. The molecule has 0 saturated carbocycles. The molecule has 23 heavy (non-hydrogen) atoms. The summed E-state index contributed by atoms with van der Waals surface area (Å²) in [5, 5.41) is 0. The monoisotopic (exact) mass is 318 g/mol. The van der Waals surface area contributed by atoms with Gasteiger partial charge < -0.3 is 24.4 Å². The average Bonchev–Trinajstić information content (AvgIpc) is 2.61. The van der Waals surface area contributed by atoms with Gasteiger partial charge in [0.25, 0.3) is 0 Å². The first-order chi connectivity index (χ1) is 11.2. The molecule has 0 aliphatic carbocycles. The molecule has 2 N–H and O–H groups in total. The number of benzene rings is 2. The van der Waals surface area contributed by atoms with E-state index in [9.17, 15) is 0 Å². The van der Waals surface area contributed by atoms with Gasteiger partial charge in [0.15, 0.2) is 23.0 Å². The fourth-order valence-electron chi connectivity index (χ4n) is 2.15. The molecule has 0 aliphatic heterocycles. The molecule has 2 aromatic rings. The van der Waals surface area contributed by atoms with Crippen molar-refractivity contribution < 1.29 is 18.9 Å². The van der Waals surface area contributed by atoms with Gasteiger partial charge in [-0.25, -0.2) is 5.43 Å². The van der Waals surface area contributed by atoms with Crippen LogP contribution in [0.5, 0.6) is 23.0 Å². The summed E-state index contributed by atoms with van der Waals surface area (Å²) in [5.74, 6) is 2.78. The van der Waals surface area contributed by atoms with Gasteiger partial charge in [0.05, 0.1) is 34.1 Å². The minimum atomic E-state index is 0.620. The highest BCUT2D eigenvalue weighted by Crippen LogP contribution is 2.30. The molecule has 0 aliphatic rings. The van der Waals surface area contributed by atoms with Crippen LogP contribution in [0.15, 0.2) is 36.4 Å². The molecule has 0 aromatic heterocycles. The van der Waals surface area contributed by atoms with E-state index in [-0.39, 0.29) is 0 Å². The Hall–Kier alpha value is -2.60. The van der Waals surface area contributed by atoms with Crippen LogP contribution in [0.1, 0.15) is 5.56 Å². The Morgan fingerprint density at radius 3 is 1.87 bits per heavy atom. The van der Waals surface area contributed by atoms with E-state index in [1.807, 2.05) is 36.4 Å². The summed E-state index contributed by atoms with van der Waals surface area (Å²) >= 11 is 0. The number of hydrogen-bond acceptors (Lipinski definition) is 6. The first kappa shape index (κ1) is 16.8. The molecule has 0 heterocycles. The number of hydrazine groups is 1. The van der Waals surface area contributed by atoms with Crippen LogP contribution in [0, 0.1) is 0 Å². The summed E-state index contributed by atoms with van der Waals surface area (Å²) in [6.45, 7) is 0.620. The van der Waals surface area contributed by atoms with Crippen LogP contribution in [-0.2, 0) is 6.54 Å². The van der Waals surface area contributed by atoms with Gasteiger partial charge in [0, 0.05) is 12.6 Å². The Morgan fingerprint density at radius 1 is 0.696 bits per heavy atom.